The number of aliphatic hydroxyl groups is 1. The van der Waals surface area contributed by atoms with Gasteiger partial charge in [-0.2, -0.15) is 0 Å². The zero-order chi connectivity index (χ0) is 14.4. The smallest absolute Gasteiger partial charge is 0.255 e. The van der Waals surface area contributed by atoms with E-state index in [1.165, 1.54) is 0 Å². The van der Waals surface area contributed by atoms with E-state index in [2.05, 4.69) is 5.32 Å². The van der Waals surface area contributed by atoms with Crippen molar-refractivity contribution >= 4 is 11.6 Å². The average Bonchev–Trinajstić information content (AvgIpc) is 2.49. The summed E-state index contributed by atoms with van der Waals surface area (Å²) in [6, 6.07) is 14.5. The summed E-state index contributed by atoms with van der Waals surface area (Å²) in [5.41, 5.74) is 8.74. The number of hydrogen-bond donors (Lipinski definition) is 3. The zero-order valence-electron chi connectivity index (χ0n) is 11.2. The minimum absolute atomic E-state index is 0.00314. The highest BCUT2D eigenvalue weighted by Crippen LogP contribution is 2.12. The fraction of sp³-hybridized carbons (Fsp3) is 0.188. The number of rotatable bonds is 5. The van der Waals surface area contributed by atoms with Gasteiger partial charge >= 0.3 is 0 Å². The van der Waals surface area contributed by atoms with Crippen LogP contribution in [-0.2, 0) is 13.0 Å². The molecular formula is C16H18N2O2. The fourth-order valence-corrected chi connectivity index (χ4v) is 1.89. The molecule has 4 nitrogen and oxygen atoms in total. The van der Waals surface area contributed by atoms with Crippen LogP contribution in [-0.4, -0.2) is 17.6 Å². The van der Waals surface area contributed by atoms with Crippen LogP contribution >= 0.6 is 0 Å². The first-order valence-electron chi connectivity index (χ1n) is 6.53. The van der Waals surface area contributed by atoms with Crippen LogP contribution in [0.3, 0.4) is 0 Å². The Labute approximate surface area is 118 Å². The first-order chi connectivity index (χ1) is 9.72. The van der Waals surface area contributed by atoms with Crippen LogP contribution in [0.25, 0.3) is 0 Å². The Morgan fingerprint density at radius 3 is 2.15 bits per heavy atom. The summed E-state index contributed by atoms with van der Waals surface area (Å²) in [4.78, 5) is 12.1. The highest BCUT2D eigenvalue weighted by atomic mass is 16.3. The molecule has 0 saturated carbocycles. The highest BCUT2D eigenvalue weighted by Gasteiger charge is 2.05. The third-order valence-electron chi connectivity index (χ3n) is 3.04. The number of amides is 1. The van der Waals surface area contributed by atoms with E-state index in [-0.39, 0.29) is 12.5 Å². The van der Waals surface area contributed by atoms with Crippen LogP contribution in [0.2, 0.25) is 0 Å². The van der Waals surface area contributed by atoms with Gasteiger partial charge in [0.15, 0.2) is 0 Å². The maximum absolute atomic E-state index is 12.1. The molecule has 2 aromatic carbocycles. The normalized spacial score (nSPS) is 10.3. The van der Waals surface area contributed by atoms with Crippen molar-refractivity contribution in [1.29, 1.82) is 0 Å². The first-order valence-corrected chi connectivity index (χ1v) is 6.53. The molecule has 2 aromatic rings. The highest BCUT2D eigenvalue weighted by molar-refractivity contribution is 6.04. The summed E-state index contributed by atoms with van der Waals surface area (Å²) < 4.78 is 0. The van der Waals surface area contributed by atoms with Gasteiger partial charge < -0.3 is 16.2 Å². The number of benzene rings is 2. The summed E-state index contributed by atoms with van der Waals surface area (Å²) in [5, 5.41) is 11.8. The molecule has 0 aliphatic heterocycles. The number of nitrogens with two attached hydrogens (primary N) is 1. The summed E-state index contributed by atoms with van der Waals surface area (Å²) in [5.74, 6) is -0.152. The van der Waals surface area contributed by atoms with Crippen LogP contribution in [0.1, 0.15) is 21.5 Å². The molecule has 0 fully saturated rings. The summed E-state index contributed by atoms with van der Waals surface area (Å²) in [6.45, 7) is 0.597. The van der Waals surface area contributed by atoms with Crippen LogP contribution < -0.4 is 11.1 Å². The van der Waals surface area contributed by atoms with Crippen molar-refractivity contribution in [3.63, 3.8) is 0 Å². The number of carbonyl (C=O) groups excluding carboxylic acids is 1. The van der Waals surface area contributed by atoms with E-state index in [0.717, 1.165) is 17.5 Å². The van der Waals surface area contributed by atoms with Crippen LogP contribution in [0.5, 0.6) is 0 Å². The molecule has 0 spiro atoms. The molecule has 4 heteroatoms. The predicted molar refractivity (Wildman–Crippen MR) is 79.5 cm³/mol. The number of hydrogen-bond acceptors (Lipinski definition) is 3. The van der Waals surface area contributed by atoms with E-state index in [1.54, 1.807) is 36.4 Å². The van der Waals surface area contributed by atoms with E-state index in [9.17, 15) is 4.79 Å². The van der Waals surface area contributed by atoms with Crippen molar-refractivity contribution in [2.24, 2.45) is 5.73 Å². The van der Waals surface area contributed by atoms with E-state index < -0.39 is 0 Å². The molecule has 0 radical (unpaired) electrons. The van der Waals surface area contributed by atoms with E-state index in [0.29, 0.717) is 17.8 Å². The minimum atomic E-state index is -0.152. The molecule has 0 saturated heterocycles. The van der Waals surface area contributed by atoms with Gasteiger partial charge in [0, 0.05) is 11.3 Å². The molecule has 0 aliphatic rings. The van der Waals surface area contributed by atoms with Gasteiger partial charge in [-0.25, -0.2) is 0 Å². The average molecular weight is 270 g/mol. The van der Waals surface area contributed by atoms with Crippen molar-refractivity contribution < 1.29 is 9.90 Å². The van der Waals surface area contributed by atoms with Crippen molar-refractivity contribution in [2.45, 2.75) is 13.0 Å². The standard InChI is InChI=1S/C16H18N2O2/c17-10-9-12-1-5-14(6-2-12)16(20)18-15-7-3-13(11-19)4-8-15/h1-8,19H,9-11,17H2,(H,18,20). The summed E-state index contributed by atoms with van der Waals surface area (Å²) in [7, 11) is 0. The third kappa shape index (κ3) is 3.66. The Hall–Kier alpha value is -2.17. The lowest BCUT2D eigenvalue weighted by Crippen LogP contribution is -2.12. The number of nitrogens with one attached hydrogen (secondary N) is 1. The molecule has 1 amide bonds. The van der Waals surface area contributed by atoms with E-state index in [1.807, 2.05) is 12.1 Å². The number of anilines is 1. The maximum atomic E-state index is 12.1. The quantitative estimate of drug-likeness (QED) is 0.777. The largest absolute Gasteiger partial charge is 0.392 e. The SMILES string of the molecule is NCCc1ccc(C(=O)Nc2ccc(CO)cc2)cc1. The van der Waals surface area contributed by atoms with E-state index in [4.69, 9.17) is 10.8 Å². The Bertz CT molecular complexity index is 562. The molecule has 20 heavy (non-hydrogen) atoms. The van der Waals surface area contributed by atoms with Crippen molar-refractivity contribution in [3.05, 3.63) is 65.2 Å². The number of aliphatic hydroxyl groups excluding tert-OH is 1. The van der Waals surface area contributed by atoms with Gasteiger partial charge in [0.2, 0.25) is 0 Å². The van der Waals surface area contributed by atoms with Gasteiger partial charge in [-0.3, -0.25) is 4.79 Å². The molecule has 4 N–H and O–H groups in total. The predicted octanol–water partition coefficient (Wildman–Crippen LogP) is 1.93. The minimum Gasteiger partial charge on any atom is -0.392 e. The fourth-order valence-electron chi connectivity index (χ4n) is 1.89. The van der Waals surface area contributed by atoms with Gasteiger partial charge in [0.05, 0.1) is 6.61 Å². The molecule has 0 atom stereocenters. The van der Waals surface area contributed by atoms with Crippen LogP contribution in [0.4, 0.5) is 5.69 Å². The van der Waals surface area contributed by atoms with Gasteiger partial charge in [-0.05, 0) is 48.4 Å². The lowest BCUT2D eigenvalue weighted by atomic mass is 10.1. The van der Waals surface area contributed by atoms with E-state index >= 15 is 0 Å². The van der Waals surface area contributed by atoms with Crippen molar-refractivity contribution in [3.8, 4) is 0 Å². The van der Waals surface area contributed by atoms with Gasteiger partial charge in [-0.15, -0.1) is 0 Å². The van der Waals surface area contributed by atoms with Crippen molar-refractivity contribution in [1.82, 2.24) is 0 Å². The molecule has 0 unspecified atom stereocenters. The summed E-state index contributed by atoms with van der Waals surface area (Å²) in [6.07, 6.45) is 0.810. The molecule has 0 bridgehead atoms. The molecule has 104 valence electrons. The van der Waals surface area contributed by atoms with Gasteiger partial charge in [-0.1, -0.05) is 24.3 Å². The molecule has 0 aliphatic carbocycles. The number of carbonyl (C=O) groups is 1. The van der Waals surface area contributed by atoms with Crippen molar-refractivity contribution in [2.75, 3.05) is 11.9 Å². The molecule has 2 rings (SSSR count). The van der Waals surface area contributed by atoms with Gasteiger partial charge in [0.25, 0.3) is 5.91 Å². The Morgan fingerprint density at radius 1 is 1.00 bits per heavy atom. The lowest BCUT2D eigenvalue weighted by molar-refractivity contribution is 0.102. The second kappa shape index (κ2) is 6.84. The Balaban J connectivity index is 2.03. The van der Waals surface area contributed by atoms with Crippen LogP contribution in [0, 0.1) is 0 Å². The second-order valence-corrected chi connectivity index (χ2v) is 4.54. The topological polar surface area (TPSA) is 75.4 Å². The second-order valence-electron chi connectivity index (χ2n) is 4.54. The Morgan fingerprint density at radius 2 is 1.60 bits per heavy atom. The molecular weight excluding hydrogens is 252 g/mol. The van der Waals surface area contributed by atoms with Gasteiger partial charge in [0.1, 0.15) is 0 Å². The Kier molecular flexibility index (Phi) is 4.87. The maximum Gasteiger partial charge on any atom is 0.255 e. The lowest BCUT2D eigenvalue weighted by Gasteiger charge is -2.07. The molecule has 0 aromatic heterocycles. The third-order valence-corrected chi connectivity index (χ3v) is 3.04. The zero-order valence-corrected chi connectivity index (χ0v) is 11.2. The summed E-state index contributed by atoms with van der Waals surface area (Å²) >= 11 is 0. The first kappa shape index (κ1) is 14.2. The monoisotopic (exact) mass is 270 g/mol. The molecule has 0 heterocycles. The van der Waals surface area contributed by atoms with Crippen LogP contribution in [0.15, 0.2) is 48.5 Å².